The van der Waals surface area contributed by atoms with Crippen LogP contribution in [0.4, 0.5) is 0 Å². The molecule has 0 saturated heterocycles. The predicted molar refractivity (Wildman–Crippen MR) is 60.9 cm³/mol. The number of aliphatic hydroxyl groups is 1. The Labute approximate surface area is 96.3 Å². The number of carbonyl (C=O) groups is 1. The van der Waals surface area contributed by atoms with Crippen molar-refractivity contribution in [2.24, 2.45) is 5.73 Å². The number of nitrogens with one attached hydrogen (secondary N) is 1. The number of nitrogens with two attached hydrogens (primary N) is 1. The van der Waals surface area contributed by atoms with Gasteiger partial charge in [-0.25, -0.2) is 0 Å². The van der Waals surface area contributed by atoms with Gasteiger partial charge in [-0.05, 0) is 12.8 Å². The van der Waals surface area contributed by atoms with Crippen molar-refractivity contribution in [2.75, 3.05) is 13.7 Å². The average molecular weight is 230 g/mol. The fraction of sp³-hybridized carbons (Fsp3) is 0.909. The van der Waals surface area contributed by atoms with Crippen LogP contribution in [0.25, 0.3) is 0 Å². The van der Waals surface area contributed by atoms with Crippen LogP contribution in [0, 0.1) is 0 Å². The van der Waals surface area contributed by atoms with E-state index >= 15 is 0 Å². The molecule has 0 aromatic carbocycles. The van der Waals surface area contributed by atoms with Crippen molar-refractivity contribution in [3.05, 3.63) is 0 Å². The highest BCUT2D eigenvalue weighted by Gasteiger charge is 2.25. The van der Waals surface area contributed by atoms with Crippen molar-refractivity contribution in [3.63, 3.8) is 0 Å². The highest BCUT2D eigenvalue weighted by atomic mass is 16.5. The van der Waals surface area contributed by atoms with Gasteiger partial charge in [0.2, 0.25) is 5.91 Å². The first kappa shape index (κ1) is 13.4. The van der Waals surface area contributed by atoms with E-state index in [0.29, 0.717) is 0 Å². The van der Waals surface area contributed by atoms with Crippen molar-refractivity contribution in [3.8, 4) is 0 Å². The lowest BCUT2D eigenvalue weighted by molar-refractivity contribution is -0.125. The van der Waals surface area contributed by atoms with Gasteiger partial charge in [0, 0.05) is 7.11 Å². The molecule has 94 valence electrons. The first-order chi connectivity index (χ1) is 7.65. The van der Waals surface area contributed by atoms with E-state index in [9.17, 15) is 9.90 Å². The Morgan fingerprint density at radius 2 is 2.19 bits per heavy atom. The molecule has 1 fully saturated rings. The molecule has 1 aliphatic rings. The van der Waals surface area contributed by atoms with Crippen LogP contribution >= 0.6 is 0 Å². The zero-order valence-electron chi connectivity index (χ0n) is 9.82. The predicted octanol–water partition coefficient (Wildman–Crippen LogP) is -0.230. The molecule has 3 atom stereocenters. The smallest absolute Gasteiger partial charge is 0.239 e. The molecule has 5 nitrogen and oxygen atoms in total. The SMILES string of the molecule is COCC(N)C(=O)NC1CCCCCC1O. The van der Waals surface area contributed by atoms with Crippen LogP contribution in [0.15, 0.2) is 0 Å². The van der Waals surface area contributed by atoms with Crippen molar-refractivity contribution in [1.29, 1.82) is 0 Å². The van der Waals surface area contributed by atoms with Crippen LogP contribution in [-0.2, 0) is 9.53 Å². The van der Waals surface area contributed by atoms with E-state index in [4.69, 9.17) is 10.5 Å². The molecular weight excluding hydrogens is 208 g/mol. The third-order valence-corrected chi connectivity index (χ3v) is 2.99. The summed E-state index contributed by atoms with van der Waals surface area (Å²) in [7, 11) is 1.51. The zero-order chi connectivity index (χ0) is 12.0. The van der Waals surface area contributed by atoms with E-state index in [1.807, 2.05) is 0 Å². The van der Waals surface area contributed by atoms with E-state index in [0.717, 1.165) is 32.1 Å². The van der Waals surface area contributed by atoms with Crippen molar-refractivity contribution < 1.29 is 14.6 Å². The molecule has 1 rings (SSSR count). The molecule has 1 saturated carbocycles. The van der Waals surface area contributed by atoms with Gasteiger partial charge in [0.15, 0.2) is 0 Å². The summed E-state index contributed by atoms with van der Waals surface area (Å²) in [5.74, 6) is -0.243. The molecule has 0 heterocycles. The molecule has 0 aliphatic heterocycles. The molecule has 0 bridgehead atoms. The molecule has 3 unspecified atom stereocenters. The monoisotopic (exact) mass is 230 g/mol. The Morgan fingerprint density at radius 3 is 2.88 bits per heavy atom. The van der Waals surface area contributed by atoms with Gasteiger partial charge in [-0.3, -0.25) is 4.79 Å². The minimum atomic E-state index is -0.652. The summed E-state index contributed by atoms with van der Waals surface area (Å²) >= 11 is 0. The topological polar surface area (TPSA) is 84.6 Å². The molecule has 1 amide bonds. The number of methoxy groups -OCH3 is 1. The number of hydrogen-bond acceptors (Lipinski definition) is 4. The Kier molecular flexibility index (Phi) is 5.73. The first-order valence-corrected chi connectivity index (χ1v) is 5.88. The first-order valence-electron chi connectivity index (χ1n) is 5.88. The van der Waals surface area contributed by atoms with Crippen LogP contribution in [0.5, 0.6) is 0 Å². The molecule has 0 aromatic rings. The Hall–Kier alpha value is -0.650. The number of amides is 1. The van der Waals surface area contributed by atoms with Crippen LogP contribution < -0.4 is 11.1 Å². The number of hydrogen-bond donors (Lipinski definition) is 3. The molecule has 0 radical (unpaired) electrons. The fourth-order valence-corrected chi connectivity index (χ4v) is 2.00. The van der Waals surface area contributed by atoms with Crippen LogP contribution in [0.3, 0.4) is 0 Å². The second-order valence-corrected chi connectivity index (χ2v) is 4.38. The maximum Gasteiger partial charge on any atom is 0.239 e. The lowest BCUT2D eigenvalue weighted by Gasteiger charge is -2.23. The third-order valence-electron chi connectivity index (χ3n) is 2.99. The molecule has 1 aliphatic carbocycles. The van der Waals surface area contributed by atoms with Crippen molar-refractivity contribution in [2.45, 2.75) is 50.3 Å². The summed E-state index contributed by atoms with van der Waals surface area (Å²) < 4.78 is 4.82. The molecule has 16 heavy (non-hydrogen) atoms. The normalized spacial score (nSPS) is 28.2. The second kappa shape index (κ2) is 6.83. The van der Waals surface area contributed by atoms with E-state index in [1.165, 1.54) is 7.11 Å². The van der Waals surface area contributed by atoms with Crippen molar-refractivity contribution in [1.82, 2.24) is 5.32 Å². The van der Waals surface area contributed by atoms with Gasteiger partial charge in [-0.15, -0.1) is 0 Å². The summed E-state index contributed by atoms with van der Waals surface area (Å²) in [5.41, 5.74) is 5.61. The molecule has 4 N–H and O–H groups in total. The molecule has 5 heteroatoms. The van der Waals surface area contributed by atoms with Crippen LogP contribution in [-0.4, -0.2) is 42.9 Å². The quantitative estimate of drug-likeness (QED) is 0.582. The van der Waals surface area contributed by atoms with Gasteiger partial charge < -0.3 is 20.9 Å². The van der Waals surface area contributed by atoms with Gasteiger partial charge >= 0.3 is 0 Å². The third kappa shape index (κ3) is 4.08. The largest absolute Gasteiger partial charge is 0.391 e. The van der Waals surface area contributed by atoms with Gasteiger partial charge in [-0.2, -0.15) is 0 Å². The van der Waals surface area contributed by atoms with Gasteiger partial charge in [0.05, 0.1) is 18.8 Å². The highest BCUT2D eigenvalue weighted by molar-refractivity contribution is 5.81. The molecule has 0 aromatic heterocycles. The van der Waals surface area contributed by atoms with E-state index in [2.05, 4.69) is 5.32 Å². The number of aliphatic hydroxyl groups excluding tert-OH is 1. The number of carbonyl (C=O) groups excluding carboxylic acids is 1. The van der Waals surface area contributed by atoms with Gasteiger partial charge in [0.1, 0.15) is 6.04 Å². The van der Waals surface area contributed by atoms with Crippen molar-refractivity contribution >= 4 is 5.91 Å². The number of ether oxygens (including phenoxy) is 1. The number of rotatable bonds is 4. The summed E-state index contributed by atoms with van der Waals surface area (Å²) in [4.78, 5) is 11.6. The highest BCUT2D eigenvalue weighted by Crippen LogP contribution is 2.17. The Morgan fingerprint density at radius 1 is 1.50 bits per heavy atom. The molecule has 0 spiro atoms. The van der Waals surface area contributed by atoms with E-state index < -0.39 is 12.1 Å². The van der Waals surface area contributed by atoms with E-state index in [1.54, 1.807) is 0 Å². The standard InChI is InChI=1S/C11H22N2O3/c1-16-7-8(12)11(15)13-9-5-3-2-4-6-10(9)14/h8-10,14H,2-7,12H2,1H3,(H,13,15). The summed E-state index contributed by atoms with van der Waals surface area (Å²) in [6.07, 6.45) is 4.32. The lowest BCUT2D eigenvalue weighted by atomic mass is 10.1. The van der Waals surface area contributed by atoms with Crippen LogP contribution in [0.1, 0.15) is 32.1 Å². The summed E-state index contributed by atoms with van der Waals surface area (Å²) in [6.45, 7) is 0.203. The van der Waals surface area contributed by atoms with E-state index in [-0.39, 0.29) is 18.6 Å². The molecular formula is C11H22N2O3. The summed E-state index contributed by atoms with van der Waals surface area (Å²) in [5, 5.41) is 12.6. The van der Waals surface area contributed by atoms with Gasteiger partial charge in [0.25, 0.3) is 0 Å². The fourth-order valence-electron chi connectivity index (χ4n) is 2.00. The van der Waals surface area contributed by atoms with Gasteiger partial charge in [-0.1, -0.05) is 19.3 Å². The zero-order valence-corrected chi connectivity index (χ0v) is 9.82. The minimum absolute atomic E-state index is 0.155. The lowest BCUT2D eigenvalue weighted by Crippen LogP contribution is -2.50. The second-order valence-electron chi connectivity index (χ2n) is 4.38. The Balaban J connectivity index is 2.41. The average Bonchev–Trinajstić information content (AvgIpc) is 2.45. The maximum atomic E-state index is 11.6. The van der Waals surface area contributed by atoms with Crippen LogP contribution in [0.2, 0.25) is 0 Å². The summed E-state index contributed by atoms with van der Waals surface area (Å²) in [6, 6.07) is -0.807. The maximum absolute atomic E-state index is 11.6. The Bertz CT molecular complexity index is 223. The minimum Gasteiger partial charge on any atom is -0.391 e.